The lowest BCUT2D eigenvalue weighted by Crippen LogP contribution is -2.74. The minimum Gasteiger partial charge on any atom is -0.467 e. The van der Waals surface area contributed by atoms with Crippen molar-refractivity contribution in [1.82, 2.24) is 0 Å². The van der Waals surface area contributed by atoms with Gasteiger partial charge in [0.15, 0.2) is 18.7 Å². The van der Waals surface area contributed by atoms with Gasteiger partial charge in [0, 0.05) is 17.4 Å². The zero-order valence-corrected chi connectivity index (χ0v) is 35.3. The molecule has 0 radical (unpaired) electrons. The van der Waals surface area contributed by atoms with Gasteiger partial charge in [-0.2, -0.15) is 0 Å². The van der Waals surface area contributed by atoms with Crippen LogP contribution in [0.1, 0.15) is 106 Å². The highest BCUT2D eigenvalue weighted by Crippen LogP contribution is 2.80. The lowest BCUT2D eigenvalue weighted by Gasteiger charge is -2.75. The van der Waals surface area contributed by atoms with E-state index < -0.39 is 91.6 Å². The minimum absolute atomic E-state index is 0.116. The highest BCUT2D eigenvalue weighted by atomic mass is 16.8. The van der Waals surface area contributed by atoms with E-state index in [1.807, 2.05) is 0 Å². The number of aliphatic hydroxyl groups excluding tert-OH is 8. The molecule has 8 aliphatic rings. The molecular weight excluding hydrogens is 756 g/mol. The van der Waals surface area contributed by atoms with Crippen LogP contribution in [0.3, 0.4) is 0 Å². The Labute approximate surface area is 341 Å². The van der Waals surface area contributed by atoms with Gasteiger partial charge in [-0.05, 0) is 104 Å². The first kappa shape index (κ1) is 43.6. The van der Waals surface area contributed by atoms with Crippen LogP contribution in [-0.4, -0.2) is 153 Å². The van der Waals surface area contributed by atoms with Crippen molar-refractivity contribution in [3.8, 4) is 0 Å². The van der Waals surface area contributed by atoms with Crippen LogP contribution in [0.15, 0.2) is 0 Å². The van der Waals surface area contributed by atoms with Crippen molar-refractivity contribution in [1.29, 1.82) is 0 Å². The van der Waals surface area contributed by atoms with Gasteiger partial charge in [-0.25, -0.2) is 4.79 Å². The summed E-state index contributed by atoms with van der Waals surface area (Å²) < 4.78 is 36.5. The normalized spacial score (nSPS) is 57.3. The van der Waals surface area contributed by atoms with Gasteiger partial charge in [0.2, 0.25) is 0 Å². The summed E-state index contributed by atoms with van der Waals surface area (Å²) in [7, 11) is 1.14. The van der Waals surface area contributed by atoms with E-state index in [0.717, 1.165) is 58.5 Å². The molecule has 3 saturated heterocycles. The Morgan fingerprint density at radius 1 is 0.707 bits per heavy atom. The van der Waals surface area contributed by atoms with Crippen LogP contribution in [0.25, 0.3) is 0 Å². The zero-order chi connectivity index (χ0) is 42.2. The first-order valence-corrected chi connectivity index (χ1v) is 21.8. The molecule has 2 bridgehead atoms. The van der Waals surface area contributed by atoms with Crippen LogP contribution >= 0.6 is 0 Å². The first-order valence-electron chi connectivity index (χ1n) is 21.8. The molecule has 8 fully saturated rings. The van der Waals surface area contributed by atoms with Crippen LogP contribution in [-0.2, 0) is 33.2 Å². The summed E-state index contributed by atoms with van der Waals surface area (Å²) >= 11 is 0. The van der Waals surface area contributed by atoms with Crippen LogP contribution in [0.4, 0.5) is 0 Å². The molecule has 3 aliphatic heterocycles. The first-order chi connectivity index (χ1) is 27.1. The maximum atomic E-state index is 12.8. The minimum atomic E-state index is -1.81. The number of hydrogen-bond donors (Lipinski definition) is 8. The number of esters is 1. The maximum Gasteiger partial charge on any atom is 0.337 e. The standard InChI is InChI=1S/C43H70O15/c1-37(2)22-8-12-40(5)23(9-13-43-24-16-38(3,19-45)14-15-42(24,20-54-43)25(46)17-41(40,43)6)39(22,4)11-10-26(37)56-36-33(30(50)29(49)32(57-36)34(52)53-7)58-35-31(51)28(48)27(47)21(18-44)55-35/h21-33,35-36,44-51H,8-20H2,1-7H3. The smallest absolute Gasteiger partial charge is 0.337 e. The summed E-state index contributed by atoms with van der Waals surface area (Å²) in [5.74, 6) is -0.248. The summed E-state index contributed by atoms with van der Waals surface area (Å²) in [4.78, 5) is 12.8. The van der Waals surface area contributed by atoms with E-state index >= 15 is 0 Å². The summed E-state index contributed by atoms with van der Waals surface area (Å²) in [6.45, 7) is 13.9. The largest absolute Gasteiger partial charge is 0.467 e. The molecule has 5 saturated carbocycles. The lowest BCUT2D eigenvalue weighted by molar-refractivity contribution is -0.375. The molecule has 15 nitrogen and oxygen atoms in total. The molecule has 0 aromatic rings. The monoisotopic (exact) mass is 826 g/mol. The number of rotatable bonds is 7. The Kier molecular flexibility index (Phi) is 10.9. The van der Waals surface area contributed by atoms with Gasteiger partial charge in [-0.3, -0.25) is 0 Å². The lowest BCUT2D eigenvalue weighted by atomic mass is 9.30. The molecule has 1 spiro atoms. The van der Waals surface area contributed by atoms with E-state index in [9.17, 15) is 45.6 Å². The van der Waals surface area contributed by atoms with Crippen LogP contribution in [0.5, 0.6) is 0 Å². The third kappa shape index (κ3) is 5.81. The Hall–Kier alpha value is -1.05. The van der Waals surface area contributed by atoms with Gasteiger partial charge in [0.25, 0.3) is 0 Å². The van der Waals surface area contributed by atoms with Crippen LogP contribution in [0.2, 0.25) is 0 Å². The SMILES string of the molecule is COC(=O)C1OC(OC2CCC3(C)C(CCC4(C)C3CCC35OCC6(CCC(C)(CO)CC63)C(O)CC45C)C2(C)C)C(OC2OC(CO)C(O)C(O)C2O)C(O)C1O. The average Bonchev–Trinajstić information content (AvgIpc) is 3.47. The molecule has 5 aliphatic carbocycles. The molecule has 0 aromatic carbocycles. The van der Waals surface area contributed by atoms with Gasteiger partial charge < -0.3 is 69.3 Å². The fraction of sp³-hybridized carbons (Fsp3) is 0.977. The van der Waals surface area contributed by atoms with Crippen LogP contribution in [0, 0.1) is 50.2 Å². The third-order valence-electron chi connectivity index (χ3n) is 18.8. The molecule has 0 amide bonds. The summed E-state index contributed by atoms with van der Waals surface area (Å²) in [6, 6.07) is 0. The highest BCUT2D eigenvalue weighted by molar-refractivity contribution is 5.75. The summed E-state index contributed by atoms with van der Waals surface area (Å²) in [5, 5.41) is 86.6. The molecule has 3 heterocycles. The average molecular weight is 827 g/mol. The van der Waals surface area contributed by atoms with Crippen molar-refractivity contribution in [3.05, 3.63) is 0 Å². The molecule has 0 aromatic heterocycles. The van der Waals surface area contributed by atoms with E-state index in [1.165, 1.54) is 0 Å². The molecule has 332 valence electrons. The van der Waals surface area contributed by atoms with E-state index in [2.05, 4.69) is 41.5 Å². The number of carbonyl (C=O) groups excluding carboxylic acids is 1. The van der Waals surface area contributed by atoms with E-state index in [4.69, 9.17) is 28.4 Å². The highest BCUT2D eigenvalue weighted by Gasteiger charge is 2.80. The third-order valence-corrected chi connectivity index (χ3v) is 18.8. The molecule has 8 rings (SSSR count). The van der Waals surface area contributed by atoms with Crippen molar-refractivity contribution >= 4 is 5.97 Å². The second-order valence-corrected chi connectivity index (χ2v) is 21.5. The summed E-state index contributed by atoms with van der Waals surface area (Å²) in [6.07, 6.45) is -8.85. The van der Waals surface area contributed by atoms with Gasteiger partial charge in [-0.15, -0.1) is 0 Å². The maximum absolute atomic E-state index is 12.8. The second-order valence-electron chi connectivity index (χ2n) is 21.5. The zero-order valence-electron chi connectivity index (χ0n) is 35.3. The number of carbonyl (C=O) groups is 1. The Balaban J connectivity index is 1.06. The Morgan fingerprint density at radius 3 is 2.09 bits per heavy atom. The van der Waals surface area contributed by atoms with Gasteiger partial charge in [0.05, 0.1) is 38.1 Å². The van der Waals surface area contributed by atoms with Crippen molar-refractivity contribution in [2.75, 3.05) is 26.9 Å². The fourth-order valence-corrected chi connectivity index (χ4v) is 15.2. The molecule has 21 unspecified atom stereocenters. The van der Waals surface area contributed by atoms with E-state index in [-0.39, 0.29) is 51.1 Å². The van der Waals surface area contributed by atoms with Gasteiger partial charge >= 0.3 is 5.97 Å². The molecule has 58 heavy (non-hydrogen) atoms. The van der Waals surface area contributed by atoms with Crippen molar-refractivity contribution in [2.45, 2.75) is 185 Å². The van der Waals surface area contributed by atoms with Crippen LogP contribution < -0.4 is 0 Å². The van der Waals surface area contributed by atoms with Crippen molar-refractivity contribution in [2.24, 2.45) is 50.2 Å². The molecule has 21 atom stereocenters. The molecule has 15 heteroatoms. The topological polar surface area (TPSA) is 234 Å². The van der Waals surface area contributed by atoms with E-state index in [0.29, 0.717) is 25.4 Å². The predicted octanol–water partition coefficient (Wildman–Crippen LogP) is 1.15. The number of hydrogen-bond acceptors (Lipinski definition) is 15. The number of fused-ring (bicyclic) bond motifs is 4. The van der Waals surface area contributed by atoms with Crippen molar-refractivity contribution < 1.29 is 74.1 Å². The molecular formula is C43H70O15. The summed E-state index contributed by atoms with van der Waals surface area (Å²) in [5.41, 5.74) is -1.86. The predicted molar refractivity (Wildman–Crippen MR) is 203 cm³/mol. The number of ether oxygens (including phenoxy) is 6. The van der Waals surface area contributed by atoms with Crippen molar-refractivity contribution in [3.63, 3.8) is 0 Å². The Bertz CT molecular complexity index is 1560. The molecule has 8 N–H and O–H groups in total. The van der Waals surface area contributed by atoms with Gasteiger partial charge in [-0.1, -0.05) is 41.5 Å². The quantitative estimate of drug-likeness (QED) is 0.133. The Morgan fingerprint density at radius 2 is 1.41 bits per heavy atom. The van der Waals surface area contributed by atoms with Gasteiger partial charge in [0.1, 0.15) is 42.7 Å². The fourth-order valence-electron chi connectivity index (χ4n) is 15.2. The second kappa shape index (κ2) is 14.5. The number of methoxy groups -OCH3 is 1. The number of aliphatic hydroxyl groups is 8. The van der Waals surface area contributed by atoms with E-state index in [1.54, 1.807) is 0 Å².